The number of aliphatic hydroxyl groups excluding tert-OH is 1. The minimum Gasteiger partial charge on any atom is -0.502 e. The topological polar surface area (TPSA) is 98.0 Å². The van der Waals surface area contributed by atoms with Gasteiger partial charge in [-0.25, -0.2) is 4.79 Å². The van der Waals surface area contributed by atoms with Gasteiger partial charge in [-0.05, 0) is 31.8 Å². The molecule has 0 aliphatic rings. The summed E-state index contributed by atoms with van der Waals surface area (Å²) in [6.45, 7) is 2.18. The fraction of sp³-hybridized carbons (Fsp3) is 0.650. The molecule has 0 heterocycles. The van der Waals surface area contributed by atoms with Gasteiger partial charge < -0.3 is 20.4 Å². The van der Waals surface area contributed by atoms with E-state index in [1.54, 1.807) is 12.2 Å². The maximum atomic E-state index is 10.3. The number of allylic oxidation sites excluding steroid dienone is 5. The lowest BCUT2D eigenvalue weighted by Crippen LogP contribution is -2.27. The van der Waals surface area contributed by atoms with Crippen molar-refractivity contribution < 1.29 is 25.2 Å². The van der Waals surface area contributed by atoms with Gasteiger partial charge in [-0.15, -0.1) is 0 Å². The Bertz CT molecular complexity index is 435. The van der Waals surface area contributed by atoms with Crippen molar-refractivity contribution in [1.29, 1.82) is 0 Å². The van der Waals surface area contributed by atoms with Gasteiger partial charge >= 0.3 is 5.97 Å². The van der Waals surface area contributed by atoms with Crippen LogP contribution in [0.25, 0.3) is 0 Å². The molecule has 25 heavy (non-hydrogen) atoms. The van der Waals surface area contributed by atoms with Crippen LogP contribution in [0, 0.1) is 0 Å². The molecule has 0 bridgehead atoms. The largest absolute Gasteiger partial charge is 0.502 e. The quantitative estimate of drug-likeness (QED) is 0.113. The Hall–Kier alpha value is -1.59. The van der Waals surface area contributed by atoms with Gasteiger partial charge in [-0.3, -0.25) is 0 Å². The molecule has 144 valence electrons. The Morgan fingerprint density at radius 2 is 1.44 bits per heavy atom. The number of rotatable bonds is 15. The molecule has 0 radical (unpaired) electrons. The first-order chi connectivity index (χ1) is 11.9. The van der Waals surface area contributed by atoms with Crippen LogP contribution in [0.4, 0.5) is 0 Å². The van der Waals surface area contributed by atoms with Crippen LogP contribution in [0.3, 0.4) is 0 Å². The van der Waals surface area contributed by atoms with E-state index in [1.807, 2.05) is 6.08 Å². The van der Waals surface area contributed by atoms with E-state index in [-0.39, 0.29) is 0 Å². The van der Waals surface area contributed by atoms with Crippen molar-refractivity contribution in [2.24, 2.45) is 0 Å². The minimum atomic E-state index is -1.55. The van der Waals surface area contributed by atoms with E-state index in [1.165, 1.54) is 31.8 Å². The number of hydrogen-bond acceptors (Lipinski definition) is 4. The highest BCUT2D eigenvalue weighted by atomic mass is 16.5. The third kappa shape index (κ3) is 15.7. The molecule has 0 unspecified atom stereocenters. The monoisotopic (exact) mass is 354 g/mol. The van der Waals surface area contributed by atoms with Gasteiger partial charge in [-0.1, -0.05) is 63.3 Å². The van der Waals surface area contributed by atoms with E-state index < -0.39 is 17.5 Å². The highest BCUT2D eigenvalue weighted by molar-refractivity contribution is 5.83. The van der Waals surface area contributed by atoms with E-state index >= 15 is 0 Å². The molecule has 0 fully saturated rings. The lowest BCUT2D eigenvalue weighted by Gasteiger charge is -2.21. The number of carboxylic acid groups (broad SMARTS) is 1. The molecule has 0 atom stereocenters. The lowest BCUT2D eigenvalue weighted by molar-refractivity contribution is -0.172. The van der Waals surface area contributed by atoms with E-state index in [0.29, 0.717) is 12.8 Å². The average Bonchev–Trinajstić information content (AvgIpc) is 2.56. The van der Waals surface area contributed by atoms with Gasteiger partial charge in [0, 0.05) is 12.8 Å². The maximum absolute atomic E-state index is 10.3. The van der Waals surface area contributed by atoms with Crippen molar-refractivity contribution in [3.63, 3.8) is 0 Å². The molecule has 0 spiro atoms. The second-order valence-corrected chi connectivity index (χ2v) is 6.42. The molecule has 0 saturated carbocycles. The molecule has 0 aromatic rings. The minimum absolute atomic E-state index is 0.390. The van der Waals surface area contributed by atoms with E-state index in [2.05, 4.69) is 6.92 Å². The summed E-state index contributed by atoms with van der Waals surface area (Å²) in [5.74, 6) is -3.60. The third-order valence-electron chi connectivity index (χ3n) is 3.96. The van der Waals surface area contributed by atoms with Gasteiger partial charge in [0.2, 0.25) is 5.76 Å². The smallest absolute Gasteiger partial charge is 0.370 e. The first kappa shape index (κ1) is 23.4. The maximum Gasteiger partial charge on any atom is 0.370 e. The van der Waals surface area contributed by atoms with Crippen LogP contribution in [0.2, 0.25) is 0 Å². The van der Waals surface area contributed by atoms with Crippen LogP contribution in [0.15, 0.2) is 36.1 Å². The van der Waals surface area contributed by atoms with Crippen molar-refractivity contribution in [3.8, 4) is 0 Å². The molecule has 0 aromatic heterocycles. The van der Waals surface area contributed by atoms with Crippen LogP contribution in [-0.2, 0) is 4.79 Å². The van der Waals surface area contributed by atoms with Crippen molar-refractivity contribution in [3.05, 3.63) is 36.1 Å². The van der Waals surface area contributed by atoms with E-state index in [0.717, 1.165) is 38.2 Å². The molecule has 5 nitrogen and oxygen atoms in total. The summed E-state index contributed by atoms with van der Waals surface area (Å²) in [6, 6.07) is 0. The lowest BCUT2D eigenvalue weighted by atomic mass is 10.00. The predicted molar refractivity (Wildman–Crippen MR) is 100 cm³/mol. The van der Waals surface area contributed by atoms with Gasteiger partial charge in [0.05, 0.1) is 0 Å². The van der Waals surface area contributed by atoms with Crippen LogP contribution in [-0.4, -0.2) is 32.2 Å². The highest BCUT2D eigenvalue weighted by Gasteiger charge is 2.21. The second kappa shape index (κ2) is 14.7. The Labute approximate surface area is 151 Å². The Morgan fingerprint density at radius 3 is 2.08 bits per heavy atom. The molecule has 0 aliphatic carbocycles. The zero-order valence-electron chi connectivity index (χ0n) is 15.4. The summed E-state index contributed by atoms with van der Waals surface area (Å²) < 4.78 is 0. The molecule has 5 heteroatoms. The van der Waals surface area contributed by atoms with Crippen molar-refractivity contribution in [2.45, 2.75) is 83.3 Å². The van der Waals surface area contributed by atoms with E-state index in [4.69, 9.17) is 10.2 Å². The predicted octanol–water partition coefficient (Wildman–Crippen LogP) is 4.62. The fourth-order valence-corrected chi connectivity index (χ4v) is 2.44. The Balaban J connectivity index is 3.71. The molecule has 0 aromatic carbocycles. The van der Waals surface area contributed by atoms with Crippen molar-refractivity contribution in [2.75, 3.05) is 0 Å². The summed E-state index contributed by atoms with van der Waals surface area (Å²) in [6.07, 6.45) is 17.9. The Morgan fingerprint density at radius 1 is 0.840 bits per heavy atom. The number of unbranched alkanes of at least 4 members (excludes halogenated alkanes) is 7. The Kier molecular flexibility index (Phi) is 13.8. The zero-order chi connectivity index (χ0) is 19.0. The third-order valence-corrected chi connectivity index (χ3v) is 3.96. The van der Waals surface area contributed by atoms with E-state index in [9.17, 15) is 15.0 Å². The van der Waals surface area contributed by atoms with Crippen LogP contribution in [0.1, 0.15) is 77.6 Å². The molecule has 4 N–H and O–H groups in total. The normalized spacial score (nSPS) is 13.2. The van der Waals surface area contributed by atoms with Crippen LogP contribution in [0.5, 0.6) is 0 Å². The first-order valence-electron chi connectivity index (χ1n) is 9.29. The average molecular weight is 354 g/mol. The highest BCUT2D eigenvalue weighted by Crippen LogP contribution is 2.20. The molecule has 0 amide bonds. The number of aliphatic hydroxyl groups is 3. The van der Waals surface area contributed by atoms with Gasteiger partial charge in [0.15, 0.2) is 5.79 Å². The summed E-state index contributed by atoms with van der Waals surface area (Å²) in [7, 11) is 0. The number of carboxylic acids is 1. The molecular formula is C20H34O5. The summed E-state index contributed by atoms with van der Waals surface area (Å²) in [5.41, 5.74) is 0. The molecule has 0 saturated heterocycles. The second-order valence-electron chi connectivity index (χ2n) is 6.42. The van der Waals surface area contributed by atoms with Crippen LogP contribution >= 0.6 is 0 Å². The zero-order valence-corrected chi connectivity index (χ0v) is 15.4. The summed E-state index contributed by atoms with van der Waals surface area (Å²) in [4.78, 5) is 10.3. The number of hydrogen-bond donors (Lipinski definition) is 4. The number of aliphatic carboxylic acids is 1. The molecule has 0 rings (SSSR count). The first-order valence-corrected chi connectivity index (χ1v) is 9.29. The van der Waals surface area contributed by atoms with Crippen LogP contribution < -0.4 is 0 Å². The SMILES string of the molecule is CCCCCCCCC(O)(O)CCCC/C=C/C=C/C=C(\O)C(=O)O. The summed E-state index contributed by atoms with van der Waals surface area (Å²) in [5, 5.41) is 37.2. The molecular weight excluding hydrogens is 320 g/mol. The standard InChI is InChI=1S/C20H34O5/c1-2-3-4-5-10-13-16-20(24,25)17-14-11-8-6-7-9-12-15-18(21)19(22)23/h6-7,9,12,15,21,24-25H,2-5,8,10-11,13-14,16-17H2,1H3,(H,22,23)/b7-6+,12-9+,18-15-. The van der Waals surface area contributed by atoms with Gasteiger partial charge in [-0.2, -0.15) is 0 Å². The summed E-state index contributed by atoms with van der Waals surface area (Å²) >= 11 is 0. The van der Waals surface area contributed by atoms with Gasteiger partial charge in [0.25, 0.3) is 0 Å². The van der Waals surface area contributed by atoms with Gasteiger partial charge in [0.1, 0.15) is 0 Å². The van der Waals surface area contributed by atoms with Crippen molar-refractivity contribution >= 4 is 5.97 Å². The fourth-order valence-electron chi connectivity index (χ4n) is 2.44. The molecule has 0 aliphatic heterocycles. The van der Waals surface area contributed by atoms with Crippen molar-refractivity contribution in [1.82, 2.24) is 0 Å². The number of carbonyl (C=O) groups is 1.